The van der Waals surface area contributed by atoms with Crippen LogP contribution in [-0.2, 0) is 11.2 Å². The molecule has 0 aromatic heterocycles. The van der Waals surface area contributed by atoms with Gasteiger partial charge in [0.1, 0.15) is 0 Å². The van der Waals surface area contributed by atoms with Gasteiger partial charge in [0.2, 0.25) is 5.91 Å². The number of carbonyl (C=O) groups excluding carboxylic acids is 1. The van der Waals surface area contributed by atoms with Gasteiger partial charge in [0.05, 0.1) is 0 Å². The normalized spacial score (nSPS) is 18.2. The molecule has 0 fully saturated rings. The summed E-state index contributed by atoms with van der Waals surface area (Å²) < 4.78 is 0. The van der Waals surface area contributed by atoms with Crippen LogP contribution in [0.2, 0.25) is 0 Å². The van der Waals surface area contributed by atoms with Crippen molar-refractivity contribution in [2.45, 2.75) is 38.6 Å². The highest BCUT2D eigenvalue weighted by Gasteiger charge is 2.18. The minimum Gasteiger partial charge on any atom is -0.356 e. The van der Waals surface area contributed by atoms with Gasteiger partial charge < -0.3 is 10.6 Å². The van der Waals surface area contributed by atoms with E-state index in [1.165, 1.54) is 30.4 Å². The molecule has 0 bridgehead atoms. The lowest BCUT2D eigenvalue weighted by atomic mass is 9.88. The Morgan fingerprint density at radius 1 is 1.39 bits per heavy atom. The molecule has 0 spiro atoms. The van der Waals surface area contributed by atoms with E-state index < -0.39 is 0 Å². The van der Waals surface area contributed by atoms with Gasteiger partial charge in [-0.25, -0.2) is 0 Å². The van der Waals surface area contributed by atoms with Gasteiger partial charge in [0.25, 0.3) is 0 Å². The van der Waals surface area contributed by atoms with Crippen molar-refractivity contribution in [3.05, 3.63) is 35.4 Å². The standard InChI is InChI=1S/C15H22N2O/c1-2-16-15(18)10-11-17-14-9-5-7-12-6-3-4-8-13(12)14/h3-4,6,8,14,17H,2,5,7,9-11H2,1H3,(H,16,18). The summed E-state index contributed by atoms with van der Waals surface area (Å²) in [5.41, 5.74) is 2.87. The molecule has 3 heteroatoms. The second-order valence-corrected chi connectivity index (χ2v) is 4.80. The Hall–Kier alpha value is -1.35. The van der Waals surface area contributed by atoms with Crippen LogP contribution in [0.4, 0.5) is 0 Å². The smallest absolute Gasteiger partial charge is 0.221 e. The molecule has 1 amide bonds. The predicted molar refractivity (Wildman–Crippen MR) is 73.4 cm³/mol. The summed E-state index contributed by atoms with van der Waals surface area (Å²) in [5, 5.41) is 6.33. The Morgan fingerprint density at radius 2 is 2.22 bits per heavy atom. The van der Waals surface area contributed by atoms with Crippen LogP contribution in [0.25, 0.3) is 0 Å². The second kappa shape index (κ2) is 6.55. The van der Waals surface area contributed by atoms with Crippen molar-refractivity contribution in [1.82, 2.24) is 10.6 Å². The van der Waals surface area contributed by atoms with E-state index in [9.17, 15) is 4.79 Å². The first kappa shape index (κ1) is 13.1. The van der Waals surface area contributed by atoms with Crippen molar-refractivity contribution in [1.29, 1.82) is 0 Å². The van der Waals surface area contributed by atoms with Crippen LogP contribution in [0.5, 0.6) is 0 Å². The number of aryl methyl sites for hydroxylation is 1. The van der Waals surface area contributed by atoms with E-state index in [4.69, 9.17) is 0 Å². The molecule has 0 saturated carbocycles. The first-order chi connectivity index (χ1) is 8.81. The highest BCUT2D eigenvalue weighted by molar-refractivity contribution is 5.75. The van der Waals surface area contributed by atoms with Crippen LogP contribution in [-0.4, -0.2) is 19.0 Å². The van der Waals surface area contributed by atoms with Gasteiger partial charge in [-0.2, -0.15) is 0 Å². The quantitative estimate of drug-likeness (QED) is 0.836. The third-order valence-corrected chi connectivity index (χ3v) is 3.49. The van der Waals surface area contributed by atoms with Crippen molar-refractivity contribution < 1.29 is 4.79 Å². The van der Waals surface area contributed by atoms with Crippen LogP contribution in [0.15, 0.2) is 24.3 Å². The average molecular weight is 246 g/mol. The molecule has 1 unspecified atom stereocenters. The lowest BCUT2D eigenvalue weighted by molar-refractivity contribution is -0.120. The third-order valence-electron chi connectivity index (χ3n) is 3.49. The molecule has 1 atom stereocenters. The van der Waals surface area contributed by atoms with E-state index in [1.807, 2.05) is 6.92 Å². The van der Waals surface area contributed by atoms with Crippen LogP contribution in [0, 0.1) is 0 Å². The predicted octanol–water partition coefficient (Wildman–Crippen LogP) is 2.18. The average Bonchev–Trinajstić information content (AvgIpc) is 2.39. The number of amides is 1. The molecule has 2 N–H and O–H groups in total. The molecular weight excluding hydrogens is 224 g/mol. The number of hydrogen-bond donors (Lipinski definition) is 2. The van der Waals surface area contributed by atoms with E-state index in [1.54, 1.807) is 0 Å². The van der Waals surface area contributed by atoms with Crippen molar-refractivity contribution in [3.8, 4) is 0 Å². The van der Waals surface area contributed by atoms with Crippen LogP contribution >= 0.6 is 0 Å². The summed E-state index contributed by atoms with van der Waals surface area (Å²) in [5.74, 6) is 0.133. The number of fused-ring (bicyclic) bond motifs is 1. The van der Waals surface area contributed by atoms with E-state index in [0.717, 1.165) is 6.54 Å². The molecule has 1 aromatic carbocycles. The molecule has 3 nitrogen and oxygen atoms in total. The number of rotatable bonds is 5. The number of nitrogens with one attached hydrogen (secondary N) is 2. The van der Waals surface area contributed by atoms with E-state index >= 15 is 0 Å². The molecule has 0 heterocycles. The minimum atomic E-state index is 0.133. The van der Waals surface area contributed by atoms with Gasteiger partial charge >= 0.3 is 0 Å². The summed E-state index contributed by atoms with van der Waals surface area (Å²) >= 11 is 0. The maximum absolute atomic E-state index is 11.4. The van der Waals surface area contributed by atoms with Gasteiger partial charge in [-0.3, -0.25) is 4.79 Å². The van der Waals surface area contributed by atoms with E-state index in [0.29, 0.717) is 19.0 Å². The fraction of sp³-hybridized carbons (Fsp3) is 0.533. The summed E-state index contributed by atoms with van der Waals surface area (Å²) in [6.07, 6.45) is 4.15. The first-order valence-corrected chi connectivity index (χ1v) is 6.89. The van der Waals surface area contributed by atoms with Crippen LogP contribution in [0.3, 0.4) is 0 Å². The Labute approximate surface area is 109 Å². The molecule has 98 valence electrons. The van der Waals surface area contributed by atoms with Gasteiger partial charge in [0.15, 0.2) is 0 Å². The summed E-state index contributed by atoms with van der Waals surface area (Å²) in [6.45, 7) is 3.42. The zero-order chi connectivity index (χ0) is 12.8. The first-order valence-electron chi connectivity index (χ1n) is 6.89. The Bertz CT molecular complexity index is 403. The van der Waals surface area contributed by atoms with E-state index in [-0.39, 0.29) is 5.91 Å². The lowest BCUT2D eigenvalue weighted by Gasteiger charge is -2.26. The summed E-state index contributed by atoms with van der Waals surface area (Å²) in [7, 11) is 0. The van der Waals surface area contributed by atoms with Crippen molar-refractivity contribution in [2.75, 3.05) is 13.1 Å². The minimum absolute atomic E-state index is 0.133. The van der Waals surface area contributed by atoms with Gasteiger partial charge in [-0.15, -0.1) is 0 Å². The Kier molecular flexibility index (Phi) is 4.76. The van der Waals surface area contributed by atoms with Crippen molar-refractivity contribution in [3.63, 3.8) is 0 Å². The molecule has 0 saturated heterocycles. The topological polar surface area (TPSA) is 41.1 Å². The molecule has 1 aromatic rings. The SMILES string of the molecule is CCNC(=O)CCNC1CCCc2ccccc21. The summed E-state index contributed by atoms with van der Waals surface area (Å²) in [4.78, 5) is 11.4. The molecule has 2 rings (SSSR count). The zero-order valence-electron chi connectivity index (χ0n) is 11.0. The maximum atomic E-state index is 11.4. The maximum Gasteiger partial charge on any atom is 0.221 e. The largest absolute Gasteiger partial charge is 0.356 e. The third kappa shape index (κ3) is 3.33. The molecule has 1 aliphatic carbocycles. The molecule has 1 aliphatic rings. The monoisotopic (exact) mass is 246 g/mol. The highest BCUT2D eigenvalue weighted by atomic mass is 16.1. The Balaban J connectivity index is 1.86. The zero-order valence-corrected chi connectivity index (χ0v) is 11.0. The molecule has 0 radical (unpaired) electrons. The number of benzene rings is 1. The molecule has 0 aliphatic heterocycles. The van der Waals surface area contributed by atoms with Crippen LogP contribution in [0.1, 0.15) is 43.4 Å². The van der Waals surface area contributed by atoms with Gasteiger partial charge in [0, 0.05) is 25.6 Å². The van der Waals surface area contributed by atoms with Crippen molar-refractivity contribution in [2.24, 2.45) is 0 Å². The highest BCUT2D eigenvalue weighted by Crippen LogP contribution is 2.29. The van der Waals surface area contributed by atoms with Gasteiger partial charge in [-0.05, 0) is 37.3 Å². The molecule has 18 heavy (non-hydrogen) atoms. The van der Waals surface area contributed by atoms with Gasteiger partial charge in [-0.1, -0.05) is 24.3 Å². The summed E-state index contributed by atoms with van der Waals surface area (Å²) in [6, 6.07) is 9.05. The Morgan fingerprint density at radius 3 is 3.06 bits per heavy atom. The van der Waals surface area contributed by atoms with E-state index in [2.05, 4.69) is 34.9 Å². The fourth-order valence-corrected chi connectivity index (χ4v) is 2.61. The number of carbonyl (C=O) groups is 1. The van der Waals surface area contributed by atoms with Crippen molar-refractivity contribution >= 4 is 5.91 Å². The second-order valence-electron chi connectivity index (χ2n) is 4.80. The number of hydrogen-bond acceptors (Lipinski definition) is 2. The molecular formula is C15H22N2O. The van der Waals surface area contributed by atoms with Crippen LogP contribution < -0.4 is 10.6 Å². The fourth-order valence-electron chi connectivity index (χ4n) is 2.61. The lowest BCUT2D eigenvalue weighted by Crippen LogP contribution is -2.30.